The second-order valence-corrected chi connectivity index (χ2v) is 6.25. The maximum Gasteiger partial charge on any atom is 0.414 e. The van der Waals surface area contributed by atoms with Crippen molar-refractivity contribution in [3.63, 3.8) is 0 Å². The van der Waals surface area contributed by atoms with Crippen molar-refractivity contribution in [1.82, 2.24) is 4.90 Å². The molecule has 0 saturated heterocycles. The molecule has 1 atom stereocenters. The Morgan fingerprint density at radius 3 is 2.18 bits per heavy atom. The summed E-state index contributed by atoms with van der Waals surface area (Å²) in [5.41, 5.74) is 6.16. The molecule has 0 spiro atoms. The van der Waals surface area contributed by atoms with E-state index in [0.29, 0.717) is 12.2 Å². The molecule has 0 heterocycles. The lowest BCUT2D eigenvalue weighted by molar-refractivity contribution is -0.156. The van der Waals surface area contributed by atoms with Crippen molar-refractivity contribution in [2.24, 2.45) is 5.73 Å². The highest BCUT2D eigenvalue weighted by atomic mass is 16.6. The van der Waals surface area contributed by atoms with Gasteiger partial charge in [-0.1, -0.05) is 12.1 Å². The number of hydrogen-bond acceptors (Lipinski definition) is 5. The molecule has 0 unspecified atom stereocenters. The fraction of sp³-hybridized carbons (Fsp3) is 0.500. The van der Waals surface area contributed by atoms with Crippen LogP contribution in [0.4, 0.5) is 4.79 Å². The summed E-state index contributed by atoms with van der Waals surface area (Å²) >= 11 is 0. The van der Waals surface area contributed by atoms with Crippen molar-refractivity contribution >= 4 is 12.1 Å². The van der Waals surface area contributed by atoms with Gasteiger partial charge in [0.15, 0.2) is 0 Å². The van der Waals surface area contributed by atoms with Gasteiger partial charge in [-0.25, -0.2) is 4.79 Å². The average Bonchev–Trinajstić information content (AvgIpc) is 2.38. The Hall–Kier alpha value is -2.08. The lowest BCUT2D eigenvalue weighted by Crippen LogP contribution is -2.38. The maximum atomic E-state index is 11.8. The van der Waals surface area contributed by atoms with Gasteiger partial charge in [-0.05, 0) is 44.9 Å². The summed E-state index contributed by atoms with van der Waals surface area (Å²) < 4.78 is 10.3. The molecule has 0 aromatic heterocycles. The standard InChI is InChI=1S/C16H24N2O4/c1-16(2,3)22-14(19)13(17)10-11-6-8-12(9-7-11)21-15(20)18(4)5/h6-9,13H,10,17H2,1-5H3/t13-/m0/s1. The van der Waals surface area contributed by atoms with Crippen LogP contribution in [0, 0.1) is 0 Å². The summed E-state index contributed by atoms with van der Waals surface area (Å²) in [6.45, 7) is 5.39. The van der Waals surface area contributed by atoms with Gasteiger partial charge in [0.2, 0.25) is 0 Å². The number of carbonyl (C=O) groups excluding carboxylic acids is 2. The quantitative estimate of drug-likeness (QED) is 0.860. The smallest absolute Gasteiger partial charge is 0.414 e. The summed E-state index contributed by atoms with van der Waals surface area (Å²) in [5, 5.41) is 0. The number of ether oxygens (including phenoxy) is 2. The molecular weight excluding hydrogens is 284 g/mol. The first-order chi connectivity index (χ1) is 10.1. The highest BCUT2D eigenvalue weighted by Gasteiger charge is 2.22. The van der Waals surface area contributed by atoms with Crippen molar-refractivity contribution < 1.29 is 19.1 Å². The fourth-order valence-corrected chi connectivity index (χ4v) is 1.60. The van der Waals surface area contributed by atoms with Crippen LogP contribution >= 0.6 is 0 Å². The third-order valence-electron chi connectivity index (χ3n) is 2.66. The molecule has 0 aliphatic rings. The van der Waals surface area contributed by atoms with Gasteiger partial charge in [-0.3, -0.25) is 4.79 Å². The summed E-state index contributed by atoms with van der Waals surface area (Å²) in [6, 6.07) is 6.14. The number of carbonyl (C=O) groups is 2. The molecule has 0 bridgehead atoms. The molecule has 1 rings (SSSR count). The lowest BCUT2D eigenvalue weighted by Gasteiger charge is -2.22. The highest BCUT2D eigenvalue weighted by Crippen LogP contribution is 2.15. The van der Waals surface area contributed by atoms with Crippen molar-refractivity contribution in [2.75, 3.05) is 14.1 Å². The first kappa shape index (κ1) is 18.0. The molecule has 6 heteroatoms. The molecule has 1 aromatic carbocycles. The topological polar surface area (TPSA) is 81.9 Å². The normalized spacial score (nSPS) is 12.5. The van der Waals surface area contributed by atoms with Crippen molar-refractivity contribution in [3.8, 4) is 5.75 Å². The largest absolute Gasteiger partial charge is 0.459 e. The number of nitrogens with two attached hydrogens (primary N) is 1. The molecule has 0 aliphatic heterocycles. The van der Waals surface area contributed by atoms with E-state index in [2.05, 4.69) is 0 Å². The van der Waals surface area contributed by atoms with E-state index in [0.717, 1.165) is 5.56 Å². The number of esters is 1. The summed E-state index contributed by atoms with van der Waals surface area (Å²) in [4.78, 5) is 24.6. The minimum Gasteiger partial charge on any atom is -0.459 e. The predicted octanol–water partition coefficient (Wildman–Crippen LogP) is 1.96. The van der Waals surface area contributed by atoms with Crippen LogP contribution in [0.15, 0.2) is 24.3 Å². The second-order valence-electron chi connectivity index (χ2n) is 6.25. The zero-order valence-corrected chi connectivity index (χ0v) is 13.8. The van der Waals surface area contributed by atoms with E-state index in [1.165, 1.54) is 4.90 Å². The van der Waals surface area contributed by atoms with Crippen molar-refractivity contribution in [3.05, 3.63) is 29.8 Å². The van der Waals surface area contributed by atoms with E-state index in [9.17, 15) is 9.59 Å². The van der Waals surface area contributed by atoms with Gasteiger partial charge in [0.1, 0.15) is 17.4 Å². The van der Waals surface area contributed by atoms with E-state index >= 15 is 0 Å². The zero-order valence-electron chi connectivity index (χ0n) is 13.8. The highest BCUT2D eigenvalue weighted by molar-refractivity contribution is 5.76. The van der Waals surface area contributed by atoms with Crippen LogP contribution in [0.3, 0.4) is 0 Å². The van der Waals surface area contributed by atoms with E-state index in [-0.39, 0.29) is 0 Å². The molecule has 122 valence electrons. The Kier molecular flexibility index (Phi) is 5.93. The minimum absolute atomic E-state index is 0.358. The molecule has 1 aromatic rings. The number of nitrogens with zero attached hydrogens (tertiary/aromatic N) is 1. The van der Waals surface area contributed by atoms with Crippen LogP contribution < -0.4 is 10.5 Å². The van der Waals surface area contributed by atoms with Gasteiger partial charge in [-0.2, -0.15) is 0 Å². The average molecular weight is 308 g/mol. The number of hydrogen-bond donors (Lipinski definition) is 1. The zero-order chi connectivity index (χ0) is 16.9. The minimum atomic E-state index is -0.727. The summed E-state index contributed by atoms with van der Waals surface area (Å²) in [7, 11) is 3.22. The molecule has 0 radical (unpaired) electrons. The monoisotopic (exact) mass is 308 g/mol. The van der Waals surface area contributed by atoms with Crippen molar-refractivity contribution in [1.29, 1.82) is 0 Å². The molecule has 0 saturated carbocycles. The fourth-order valence-electron chi connectivity index (χ4n) is 1.60. The Balaban J connectivity index is 2.60. The third kappa shape index (κ3) is 6.13. The molecule has 2 N–H and O–H groups in total. The number of benzene rings is 1. The third-order valence-corrected chi connectivity index (χ3v) is 2.66. The molecule has 0 fully saturated rings. The van der Waals surface area contributed by atoms with Crippen LogP contribution in [0.2, 0.25) is 0 Å². The maximum absolute atomic E-state index is 11.8. The van der Waals surface area contributed by atoms with E-state index < -0.39 is 23.7 Å². The predicted molar refractivity (Wildman–Crippen MR) is 83.7 cm³/mol. The Labute approximate surface area is 131 Å². The number of amides is 1. The number of rotatable bonds is 4. The van der Waals surface area contributed by atoms with Crippen LogP contribution in [-0.2, 0) is 16.0 Å². The summed E-state index contributed by atoms with van der Waals surface area (Å²) in [6.07, 6.45) is -0.0881. The van der Waals surface area contributed by atoms with Gasteiger partial charge in [0.25, 0.3) is 0 Å². The van der Waals surface area contributed by atoms with E-state index in [1.807, 2.05) is 0 Å². The van der Waals surface area contributed by atoms with Gasteiger partial charge in [0, 0.05) is 14.1 Å². The Morgan fingerprint density at radius 2 is 1.73 bits per heavy atom. The van der Waals surface area contributed by atoms with Crippen LogP contribution in [0.1, 0.15) is 26.3 Å². The van der Waals surface area contributed by atoms with Crippen LogP contribution in [-0.4, -0.2) is 42.7 Å². The molecule has 1 amide bonds. The van der Waals surface area contributed by atoms with Crippen molar-refractivity contribution in [2.45, 2.75) is 38.8 Å². The second kappa shape index (κ2) is 7.26. The summed E-state index contributed by atoms with van der Waals surface area (Å²) in [5.74, 6) is 0.00361. The van der Waals surface area contributed by atoms with Gasteiger partial charge in [0.05, 0.1) is 0 Å². The van der Waals surface area contributed by atoms with Crippen LogP contribution in [0.5, 0.6) is 5.75 Å². The SMILES string of the molecule is CN(C)C(=O)Oc1ccc(C[C@H](N)C(=O)OC(C)(C)C)cc1. The first-order valence-corrected chi connectivity index (χ1v) is 7.05. The molecular formula is C16H24N2O4. The van der Waals surface area contributed by atoms with Gasteiger partial charge < -0.3 is 20.1 Å². The first-order valence-electron chi connectivity index (χ1n) is 7.05. The van der Waals surface area contributed by atoms with Crippen LogP contribution in [0.25, 0.3) is 0 Å². The van der Waals surface area contributed by atoms with Gasteiger partial charge in [-0.15, -0.1) is 0 Å². The Bertz CT molecular complexity index is 518. The Morgan fingerprint density at radius 1 is 1.18 bits per heavy atom. The van der Waals surface area contributed by atoms with E-state index in [1.54, 1.807) is 59.1 Å². The van der Waals surface area contributed by atoms with E-state index in [4.69, 9.17) is 15.2 Å². The lowest BCUT2D eigenvalue weighted by atomic mass is 10.1. The van der Waals surface area contributed by atoms with Gasteiger partial charge >= 0.3 is 12.1 Å². The molecule has 6 nitrogen and oxygen atoms in total. The molecule has 0 aliphatic carbocycles. The molecule has 22 heavy (non-hydrogen) atoms.